The molecule has 1 aliphatic carbocycles. The first-order chi connectivity index (χ1) is 4.99. The number of hydrogen-bond donors (Lipinski definition) is 0. The average molecular weight is 403 g/mol. The van der Waals surface area contributed by atoms with E-state index in [9.17, 15) is 0 Å². The van der Waals surface area contributed by atoms with E-state index in [1.54, 1.807) is 8.90 Å². The summed E-state index contributed by atoms with van der Waals surface area (Å²) < 4.78 is 1.73. The summed E-state index contributed by atoms with van der Waals surface area (Å²) in [5.41, 5.74) is 1.68. The Morgan fingerprint density at radius 1 is 1.31 bits per heavy atom. The van der Waals surface area contributed by atoms with E-state index in [0.717, 1.165) is 0 Å². The van der Waals surface area contributed by atoms with E-state index in [2.05, 4.69) is 31.8 Å². The molecular formula is C9H17Cl2HfSi. The van der Waals surface area contributed by atoms with Crippen LogP contribution in [0.4, 0.5) is 0 Å². The van der Waals surface area contributed by atoms with E-state index >= 15 is 0 Å². The molecule has 0 unspecified atom stereocenters. The zero-order chi connectivity index (χ0) is 8.48. The maximum Gasteiger partial charge on any atom is -0.147 e. The van der Waals surface area contributed by atoms with E-state index in [4.69, 9.17) is 0 Å². The van der Waals surface area contributed by atoms with Crippen LogP contribution in [-0.2, 0) is 24.4 Å². The zero-order valence-electron chi connectivity index (χ0n) is 8.39. The van der Waals surface area contributed by atoms with E-state index in [-0.39, 0.29) is 24.8 Å². The Labute approximate surface area is 110 Å². The molecule has 0 saturated heterocycles. The van der Waals surface area contributed by atoms with Crippen molar-refractivity contribution < 1.29 is 24.4 Å². The number of rotatable bonds is 2. The van der Waals surface area contributed by atoms with Crippen LogP contribution < -0.4 is 0 Å². The second-order valence-corrected chi connectivity index (χ2v) is 12.0. The number of hydrogen-bond acceptors (Lipinski definition) is 0. The molecule has 0 amide bonds. The van der Waals surface area contributed by atoms with Gasteiger partial charge in [0.2, 0.25) is 0 Å². The van der Waals surface area contributed by atoms with Gasteiger partial charge in [0.25, 0.3) is 0 Å². The topological polar surface area (TPSA) is 0 Å². The van der Waals surface area contributed by atoms with Gasteiger partial charge in [-0.3, -0.25) is 0 Å². The Hall–Kier alpha value is 1.15. The molecule has 0 N–H and O–H groups in total. The molecule has 0 saturated carbocycles. The summed E-state index contributed by atoms with van der Waals surface area (Å²) in [6.45, 7) is 7.34. The Morgan fingerprint density at radius 3 is 2.15 bits per heavy atom. The molecule has 0 aromatic heterocycles. The van der Waals surface area contributed by atoms with E-state index in [0.29, 0.717) is 0 Å². The second-order valence-electron chi connectivity index (χ2n) is 4.35. The van der Waals surface area contributed by atoms with Gasteiger partial charge in [0.15, 0.2) is 0 Å². The van der Waals surface area contributed by atoms with Crippen LogP contribution in [-0.4, -0.2) is 8.07 Å². The van der Waals surface area contributed by atoms with Crippen molar-refractivity contribution in [1.29, 1.82) is 0 Å². The van der Waals surface area contributed by atoms with Crippen molar-refractivity contribution in [2.45, 2.75) is 32.1 Å². The van der Waals surface area contributed by atoms with Gasteiger partial charge >= 0.3 is 85.6 Å². The summed E-state index contributed by atoms with van der Waals surface area (Å²) in [6, 6.07) is 1.39. The standard InChI is InChI=1S/C9H15Si.2ClH.Hf/c1-10(2,3)8-9-6-4-5-7-9;;;/h4,6H,5,8H2,1-3H3;2*1H;. The fourth-order valence-corrected chi connectivity index (χ4v) is 4.44. The van der Waals surface area contributed by atoms with Gasteiger partial charge in [-0.05, 0) is 0 Å². The van der Waals surface area contributed by atoms with E-state index in [1.807, 2.05) is 0 Å². The second kappa shape index (κ2) is 6.60. The third kappa shape index (κ3) is 6.27. The molecule has 0 bridgehead atoms. The maximum absolute atomic E-state index is 2.45. The Kier molecular flexibility index (Phi) is 8.41. The van der Waals surface area contributed by atoms with Gasteiger partial charge in [0.1, 0.15) is 0 Å². The first-order valence-electron chi connectivity index (χ1n) is 4.09. The number of halogens is 2. The van der Waals surface area contributed by atoms with Crippen LogP contribution in [0, 0.1) is 0 Å². The molecule has 1 rings (SSSR count). The fraction of sp³-hybridized carbons (Fsp3) is 0.556. The normalized spacial score (nSPS) is 15.2. The third-order valence-electron chi connectivity index (χ3n) is 1.75. The van der Waals surface area contributed by atoms with Crippen LogP contribution in [0.2, 0.25) is 25.7 Å². The molecular weight excluding hydrogens is 386 g/mol. The summed E-state index contributed by atoms with van der Waals surface area (Å²) in [7, 11) is -0.851. The Balaban J connectivity index is 0. The molecule has 1 aliphatic rings. The predicted molar refractivity (Wildman–Crippen MR) is 63.4 cm³/mol. The van der Waals surface area contributed by atoms with E-state index in [1.165, 1.54) is 36.8 Å². The molecule has 0 heterocycles. The van der Waals surface area contributed by atoms with E-state index < -0.39 is 8.07 Å². The maximum atomic E-state index is 2.45. The molecule has 0 fully saturated rings. The number of allylic oxidation sites excluding steroid dienone is 4. The van der Waals surface area contributed by atoms with Crippen molar-refractivity contribution in [1.82, 2.24) is 0 Å². The summed E-state index contributed by atoms with van der Waals surface area (Å²) >= 11 is 1.27. The van der Waals surface area contributed by atoms with Crippen LogP contribution in [0.15, 0.2) is 21.1 Å². The smallest absolute Gasteiger partial charge is 0.147 e. The van der Waals surface area contributed by atoms with Gasteiger partial charge < -0.3 is 0 Å². The largest absolute Gasteiger partial charge is 0.147 e. The summed E-state index contributed by atoms with van der Waals surface area (Å²) in [5.74, 6) is 0. The van der Waals surface area contributed by atoms with Crippen LogP contribution in [0.25, 0.3) is 0 Å². The Morgan fingerprint density at radius 2 is 1.85 bits per heavy atom. The van der Waals surface area contributed by atoms with Crippen molar-refractivity contribution in [3.8, 4) is 0 Å². The van der Waals surface area contributed by atoms with Crippen molar-refractivity contribution in [3.05, 3.63) is 21.1 Å². The van der Waals surface area contributed by atoms with Crippen LogP contribution in [0.1, 0.15) is 6.42 Å². The minimum absolute atomic E-state index is 0. The molecule has 4 heteroatoms. The van der Waals surface area contributed by atoms with Gasteiger partial charge in [-0.15, -0.1) is 24.8 Å². The van der Waals surface area contributed by atoms with Crippen LogP contribution in [0.5, 0.6) is 0 Å². The SMILES string of the molecule is C[Si](C)(C)CC1=[C]([Hf])CC=C1.Cl.Cl. The predicted octanol–water partition coefficient (Wildman–Crippen LogP) is 3.93. The first kappa shape index (κ1) is 16.6. The average Bonchev–Trinajstić information content (AvgIpc) is 2.12. The molecule has 0 aromatic rings. The summed E-state index contributed by atoms with van der Waals surface area (Å²) in [5, 5.41) is 0. The van der Waals surface area contributed by atoms with Crippen molar-refractivity contribution >= 4 is 32.9 Å². The summed E-state index contributed by atoms with van der Waals surface area (Å²) in [6.07, 6.45) is 5.92. The van der Waals surface area contributed by atoms with Gasteiger partial charge in [-0.2, -0.15) is 0 Å². The molecule has 0 spiro atoms. The molecule has 13 heavy (non-hydrogen) atoms. The quantitative estimate of drug-likeness (QED) is 0.614. The zero-order valence-corrected chi connectivity index (χ0v) is 14.6. The van der Waals surface area contributed by atoms with Crippen molar-refractivity contribution in [2.75, 3.05) is 0 Å². The molecule has 0 atom stereocenters. The van der Waals surface area contributed by atoms with Crippen molar-refractivity contribution in [3.63, 3.8) is 0 Å². The fourth-order valence-electron chi connectivity index (χ4n) is 1.29. The van der Waals surface area contributed by atoms with Crippen LogP contribution >= 0.6 is 24.8 Å². The molecule has 75 valence electrons. The first-order valence-corrected chi connectivity index (χ1v) is 9.59. The van der Waals surface area contributed by atoms with Gasteiger partial charge in [-0.25, -0.2) is 0 Å². The minimum atomic E-state index is -0.851. The molecule has 0 radical (unpaired) electrons. The monoisotopic (exact) mass is 403 g/mol. The van der Waals surface area contributed by atoms with Crippen molar-refractivity contribution in [2.24, 2.45) is 0 Å². The van der Waals surface area contributed by atoms with Gasteiger partial charge in [0, 0.05) is 0 Å². The van der Waals surface area contributed by atoms with Gasteiger partial charge in [0.05, 0.1) is 0 Å². The Bertz CT molecular complexity index is 216. The summed E-state index contributed by atoms with van der Waals surface area (Å²) in [4.78, 5) is 0. The minimum Gasteiger partial charge on any atom is -0.147 e. The molecule has 0 nitrogen and oxygen atoms in total. The van der Waals surface area contributed by atoms with Gasteiger partial charge in [-0.1, -0.05) is 0 Å². The molecule has 0 aliphatic heterocycles. The van der Waals surface area contributed by atoms with Crippen LogP contribution in [0.3, 0.4) is 0 Å². The molecule has 0 aromatic carbocycles. The third-order valence-corrected chi connectivity index (χ3v) is 5.08.